The standard InChI is InChI=1S/C15H18O2/c1-10(2)14(16)17-15(4)11(3)9-12-7-5-6-8-13(12)15/h5-8,11H,1,9H2,2-4H3. The molecule has 0 saturated carbocycles. The molecule has 0 aromatic heterocycles. The highest BCUT2D eigenvalue weighted by atomic mass is 16.6. The molecule has 2 heteroatoms. The first-order chi connectivity index (χ1) is 7.95. The summed E-state index contributed by atoms with van der Waals surface area (Å²) < 4.78 is 5.66. The third kappa shape index (κ3) is 1.88. The second kappa shape index (κ2) is 4.02. The number of hydrogen-bond donors (Lipinski definition) is 0. The fraction of sp³-hybridized carbons (Fsp3) is 0.400. The zero-order chi connectivity index (χ0) is 12.6. The molecule has 17 heavy (non-hydrogen) atoms. The molecule has 90 valence electrons. The van der Waals surface area contributed by atoms with Crippen molar-refractivity contribution in [3.8, 4) is 0 Å². The molecule has 2 nitrogen and oxygen atoms in total. The van der Waals surface area contributed by atoms with Gasteiger partial charge in [-0.05, 0) is 31.4 Å². The highest BCUT2D eigenvalue weighted by Crippen LogP contribution is 2.44. The third-order valence-electron chi connectivity index (χ3n) is 3.67. The summed E-state index contributed by atoms with van der Waals surface area (Å²) >= 11 is 0. The van der Waals surface area contributed by atoms with Gasteiger partial charge in [-0.1, -0.05) is 37.8 Å². The molecular formula is C15H18O2. The number of fused-ring (bicyclic) bond motifs is 1. The molecule has 0 radical (unpaired) electrons. The first kappa shape index (κ1) is 11.9. The predicted octanol–water partition coefficient (Wildman–Crippen LogP) is 3.21. The summed E-state index contributed by atoms with van der Waals surface area (Å²) in [6.07, 6.45) is 0.955. The number of esters is 1. The maximum Gasteiger partial charge on any atom is 0.333 e. The number of rotatable bonds is 2. The van der Waals surface area contributed by atoms with Gasteiger partial charge in [0, 0.05) is 11.5 Å². The lowest BCUT2D eigenvalue weighted by molar-refractivity contribution is -0.158. The van der Waals surface area contributed by atoms with Crippen molar-refractivity contribution in [2.24, 2.45) is 5.92 Å². The lowest BCUT2D eigenvalue weighted by Gasteiger charge is -2.30. The Balaban J connectivity index is 2.37. The van der Waals surface area contributed by atoms with Crippen molar-refractivity contribution in [3.63, 3.8) is 0 Å². The molecular weight excluding hydrogens is 212 g/mol. The summed E-state index contributed by atoms with van der Waals surface area (Å²) in [6.45, 7) is 9.42. The minimum Gasteiger partial charge on any atom is -0.451 e. The Hall–Kier alpha value is -1.57. The van der Waals surface area contributed by atoms with Crippen LogP contribution in [-0.2, 0) is 21.6 Å². The maximum atomic E-state index is 11.7. The Kier molecular flexibility index (Phi) is 2.82. The number of hydrogen-bond acceptors (Lipinski definition) is 2. The van der Waals surface area contributed by atoms with Crippen molar-refractivity contribution < 1.29 is 9.53 Å². The number of ether oxygens (including phenoxy) is 1. The first-order valence-electron chi connectivity index (χ1n) is 5.92. The monoisotopic (exact) mass is 230 g/mol. The van der Waals surface area contributed by atoms with Crippen molar-refractivity contribution in [3.05, 3.63) is 47.5 Å². The van der Waals surface area contributed by atoms with Crippen LogP contribution in [0.3, 0.4) is 0 Å². The average molecular weight is 230 g/mol. The highest BCUT2D eigenvalue weighted by Gasteiger charge is 2.43. The van der Waals surface area contributed by atoms with Gasteiger partial charge in [-0.25, -0.2) is 4.79 Å². The van der Waals surface area contributed by atoms with Crippen molar-refractivity contribution in [2.45, 2.75) is 32.8 Å². The number of benzene rings is 1. The smallest absolute Gasteiger partial charge is 0.333 e. The van der Waals surface area contributed by atoms with Gasteiger partial charge in [0.05, 0.1) is 0 Å². The number of carbonyl (C=O) groups is 1. The zero-order valence-electron chi connectivity index (χ0n) is 10.6. The fourth-order valence-corrected chi connectivity index (χ4v) is 2.41. The fourth-order valence-electron chi connectivity index (χ4n) is 2.41. The van der Waals surface area contributed by atoms with Crippen LogP contribution in [0.2, 0.25) is 0 Å². The van der Waals surface area contributed by atoms with Crippen LogP contribution in [0.25, 0.3) is 0 Å². The topological polar surface area (TPSA) is 26.3 Å². The van der Waals surface area contributed by atoms with Gasteiger partial charge in [0.1, 0.15) is 5.60 Å². The van der Waals surface area contributed by atoms with E-state index in [2.05, 4.69) is 19.6 Å². The molecule has 0 heterocycles. The minimum atomic E-state index is -0.521. The lowest BCUT2D eigenvalue weighted by Crippen LogP contribution is -2.32. The highest BCUT2D eigenvalue weighted by molar-refractivity contribution is 5.87. The second-order valence-electron chi connectivity index (χ2n) is 5.04. The van der Waals surface area contributed by atoms with Crippen LogP contribution in [0.15, 0.2) is 36.4 Å². The molecule has 0 spiro atoms. The van der Waals surface area contributed by atoms with Crippen LogP contribution in [0.1, 0.15) is 31.9 Å². The van der Waals surface area contributed by atoms with Crippen LogP contribution in [0.5, 0.6) is 0 Å². The van der Waals surface area contributed by atoms with Gasteiger partial charge >= 0.3 is 5.97 Å². The second-order valence-corrected chi connectivity index (χ2v) is 5.04. The van der Waals surface area contributed by atoms with E-state index in [4.69, 9.17) is 4.74 Å². The predicted molar refractivity (Wildman–Crippen MR) is 67.6 cm³/mol. The molecule has 0 aliphatic heterocycles. The molecule has 0 fully saturated rings. The van der Waals surface area contributed by atoms with Crippen LogP contribution in [0, 0.1) is 5.92 Å². The normalized spacial score (nSPS) is 26.4. The zero-order valence-corrected chi connectivity index (χ0v) is 10.6. The molecule has 2 rings (SSSR count). The third-order valence-corrected chi connectivity index (χ3v) is 3.67. The van der Waals surface area contributed by atoms with E-state index in [1.165, 1.54) is 5.56 Å². The molecule has 0 N–H and O–H groups in total. The Morgan fingerprint density at radius 2 is 2.12 bits per heavy atom. The Morgan fingerprint density at radius 3 is 2.76 bits per heavy atom. The van der Waals surface area contributed by atoms with Crippen LogP contribution in [-0.4, -0.2) is 5.97 Å². The van der Waals surface area contributed by atoms with E-state index >= 15 is 0 Å². The van der Waals surface area contributed by atoms with E-state index in [-0.39, 0.29) is 5.97 Å². The minimum absolute atomic E-state index is 0.295. The molecule has 1 aliphatic rings. The van der Waals surface area contributed by atoms with Crippen LogP contribution in [0.4, 0.5) is 0 Å². The van der Waals surface area contributed by atoms with E-state index in [1.54, 1.807) is 6.92 Å². The largest absolute Gasteiger partial charge is 0.451 e. The molecule has 2 atom stereocenters. The molecule has 2 unspecified atom stereocenters. The van der Waals surface area contributed by atoms with E-state index in [9.17, 15) is 4.79 Å². The quantitative estimate of drug-likeness (QED) is 0.576. The lowest BCUT2D eigenvalue weighted by atomic mass is 9.90. The van der Waals surface area contributed by atoms with Gasteiger partial charge < -0.3 is 4.74 Å². The number of carbonyl (C=O) groups excluding carboxylic acids is 1. The summed E-state index contributed by atoms with van der Waals surface area (Å²) in [5.74, 6) is -0.0146. The van der Waals surface area contributed by atoms with Crippen molar-refractivity contribution in [1.29, 1.82) is 0 Å². The van der Waals surface area contributed by atoms with Crippen LogP contribution < -0.4 is 0 Å². The summed E-state index contributed by atoms with van der Waals surface area (Å²) in [5, 5.41) is 0. The molecule has 1 aromatic rings. The van der Waals surface area contributed by atoms with Gasteiger partial charge in [0.25, 0.3) is 0 Å². The van der Waals surface area contributed by atoms with E-state index in [1.807, 2.05) is 25.1 Å². The molecule has 0 amide bonds. The maximum absolute atomic E-state index is 11.7. The Morgan fingerprint density at radius 1 is 1.47 bits per heavy atom. The summed E-state index contributed by atoms with van der Waals surface area (Å²) in [7, 11) is 0. The van der Waals surface area contributed by atoms with Gasteiger partial charge in [-0.15, -0.1) is 0 Å². The first-order valence-corrected chi connectivity index (χ1v) is 5.92. The van der Waals surface area contributed by atoms with Crippen LogP contribution >= 0.6 is 0 Å². The van der Waals surface area contributed by atoms with Crippen molar-refractivity contribution in [2.75, 3.05) is 0 Å². The van der Waals surface area contributed by atoms with Crippen molar-refractivity contribution >= 4 is 5.97 Å². The molecule has 1 aliphatic carbocycles. The van der Waals surface area contributed by atoms with E-state index in [0.717, 1.165) is 12.0 Å². The Bertz CT molecular complexity index is 476. The summed E-state index contributed by atoms with van der Waals surface area (Å²) in [6, 6.07) is 8.16. The van der Waals surface area contributed by atoms with Crippen molar-refractivity contribution in [1.82, 2.24) is 0 Å². The Labute approximate surface area is 102 Å². The van der Waals surface area contributed by atoms with Gasteiger partial charge in [0.15, 0.2) is 0 Å². The SMILES string of the molecule is C=C(C)C(=O)OC1(C)c2ccccc2CC1C. The van der Waals surface area contributed by atoms with Gasteiger partial charge in [-0.3, -0.25) is 0 Å². The van der Waals surface area contributed by atoms with E-state index < -0.39 is 5.60 Å². The molecule has 0 bridgehead atoms. The van der Waals surface area contributed by atoms with E-state index in [0.29, 0.717) is 11.5 Å². The van der Waals surface area contributed by atoms with Gasteiger partial charge in [0.2, 0.25) is 0 Å². The summed E-state index contributed by atoms with van der Waals surface area (Å²) in [5.41, 5.74) is 2.33. The molecule has 0 saturated heterocycles. The molecule has 1 aromatic carbocycles. The van der Waals surface area contributed by atoms with Gasteiger partial charge in [-0.2, -0.15) is 0 Å². The average Bonchev–Trinajstić information content (AvgIpc) is 2.52. The summed E-state index contributed by atoms with van der Waals surface area (Å²) in [4.78, 5) is 11.7.